The van der Waals surface area contributed by atoms with Gasteiger partial charge < -0.3 is 4.57 Å². The molecule has 0 amide bonds. The van der Waals surface area contributed by atoms with Crippen molar-refractivity contribution in [2.45, 2.75) is 25.8 Å². The molecular weight excluding hydrogens is 214 g/mol. The number of hydrogen-bond donors (Lipinski definition) is 0. The van der Waals surface area contributed by atoms with Crippen molar-refractivity contribution in [1.82, 2.24) is 4.57 Å². The van der Waals surface area contributed by atoms with E-state index in [1.807, 2.05) is 25.1 Å². The smallest absolute Gasteiger partial charge is 0.199 e. The number of fused-ring (bicyclic) bond motifs is 1. The van der Waals surface area contributed by atoms with Gasteiger partial charge in [-0.05, 0) is 31.9 Å². The third-order valence-electron chi connectivity index (χ3n) is 3.28. The predicted molar refractivity (Wildman–Crippen MR) is 66.6 cm³/mol. The summed E-state index contributed by atoms with van der Waals surface area (Å²) in [5.41, 5.74) is 2.08. The molecule has 1 heterocycles. The van der Waals surface area contributed by atoms with Crippen LogP contribution in [0.1, 0.15) is 34.8 Å². The molecule has 1 saturated carbocycles. The molecule has 17 heavy (non-hydrogen) atoms. The van der Waals surface area contributed by atoms with Gasteiger partial charge >= 0.3 is 0 Å². The highest BCUT2D eigenvalue weighted by atomic mass is 16.1. The van der Waals surface area contributed by atoms with E-state index in [1.54, 1.807) is 6.20 Å². The lowest BCUT2D eigenvalue weighted by atomic mass is 10.1. The van der Waals surface area contributed by atoms with E-state index in [4.69, 9.17) is 0 Å². The number of carbonyl (C=O) groups is 1. The summed E-state index contributed by atoms with van der Waals surface area (Å²) < 4.78 is 2.07. The van der Waals surface area contributed by atoms with E-state index in [9.17, 15) is 9.59 Å². The van der Waals surface area contributed by atoms with E-state index in [0.29, 0.717) is 17.7 Å². The predicted octanol–water partition coefficient (Wildman–Crippen LogP) is 2.46. The molecule has 86 valence electrons. The van der Waals surface area contributed by atoms with Crippen molar-refractivity contribution >= 4 is 17.2 Å². The molecule has 0 bridgehead atoms. The average Bonchev–Trinajstić information content (AvgIpc) is 3.14. The van der Waals surface area contributed by atoms with Gasteiger partial charge in [0, 0.05) is 17.6 Å². The normalized spacial score (nSPS) is 15.1. The van der Waals surface area contributed by atoms with E-state index >= 15 is 0 Å². The molecule has 0 radical (unpaired) electrons. The lowest BCUT2D eigenvalue weighted by Gasteiger charge is -2.11. The molecule has 3 heteroatoms. The number of rotatable bonds is 2. The summed E-state index contributed by atoms with van der Waals surface area (Å²) in [4.78, 5) is 23.0. The minimum atomic E-state index is -0.157. The second kappa shape index (κ2) is 3.55. The third kappa shape index (κ3) is 1.58. The molecular formula is C14H13NO2. The maximum atomic E-state index is 12.1. The van der Waals surface area contributed by atoms with Gasteiger partial charge in [-0.3, -0.25) is 9.59 Å². The molecule has 3 nitrogen and oxygen atoms in total. The number of benzene rings is 1. The van der Waals surface area contributed by atoms with E-state index in [0.717, 1.165) is 23.9 Å². The molecule has 3 rings (SSSR count). The van der Waals surface area contributed by atoms with Gasteiger partial charge in [0.1, 0.15) is 0 Å². The van der Waals surface area contributed by atoms with Gasteiger partial charge in [-0.25, -0.2) is 0 Å². The Morgan fingerprint density at radius 1 is 1.35 bits per heavy atom. The van der Waals surface area contributed by atoms with Crippen molar-refractivity contribution in [1.29, 1.82) is 0 Å². The van der Waals surface area contributed by atoms with Crippen molar-refractivity contribution in [3.05, 3.63) is 45.7 Å². The lowest BCUT2D eigenvalue weighted by molar-refractivity contribution is 0.112. The number of aldehydes is 1. The fourth-order valence-electron chi connectivity index (χ4n) is 2.23. The van der Waals surface area contributed by atoms with Crippen LogP contribution in [-0.4, -0.2) is 10.9 Å². The molecule has 2 aromatic rings. The minimum Gasteiger partial charge on any atom is -0.343 e. The molecule has 0 aliphatic heterocycles. The lowest BCUT2D eigenvalue weighted by Crippen LogP contribution is -2.14. The number of pyridine rings is 1. The van der Waals surface area contributed by atoms with Crippen molar-refractivity contribution in [3.63, 3.8) is 0 Å². The minimum absolute atomic E-state index is 0.157. The van der Waals surface area contributed by atoms with Crippen LogP contribution in [-0.2, 0) is 0 Å². The number of aromatic nitrogens is 1. The Kier molecular flexibility index (Phi) is 2.15. The Balaban J connectivity index is 2.44. The Labute approximate surface area is 98.7 Å². The summed E-state index contributed by atoms with van der Waals surface area (Å²) in [5, 5.41) is 0.654. The molecule has 0 N–H and O–H groups in total. The first-order valence-electron chi connectivity index (χ1n) is 5.81. The number of aryl methyl sites for hydroxylation is 1. The summed E-state index contributed by atoms with van der Waals surface area (Å²) in [6.07, 6.45) is 4.61. The summed E-state index contributed by atoms with van der Waals surface area (Å²) >= 11 is 0. The molecule has 0 unspecified atom stereocenters. The summed E-state index contributed by atoms with van der Waals surface area (Å²) in [6, 6.07) is 6.29. The SMILES string of the molecule is Cc1ccc2c(c1)c(=O)c(C=O)cn2C1CC1. The van der Waals surface area contributed by atoms with Crippen molar-refractivity contribution < 1.29 is 4.79 Å². The second-order valence-electron chi connectivity index (χ2n) is 4.69. The van der Waals surface area contributed by atoms with E-state index < -0.39 is 0 Å². The van der Waals surface area contributed by atoms with Crippen LogP contribution < -0.4 is 5.43 Å². The fraction of sp³-hybridized carbons (Fsp3) is 0.286. The van der Waals surface area contributed by atoms with Gasteiger partial charge in [0.05, 0.1) is 11.1 Å². The summed E-state index contributed by atoms with van der Waals surface area (Å²) in [7, 11) is 0. The van der Waals surface area contributed by atoms with Crippen LogP contribution in [0, 0.1) is 6.92 Å². The molecule has 0 atom stereocenters. The van der Waals surface area contributed by atoms with Crippen molar-refractivity contribution in [2.75, 3.05) is 0 Å². The zero-order chi connectivity index (χ0) is 12.0. The quantitative estimate of drug-likeness (QED) is 0.739. The zero-order valence-electron chi connectivity index (χ0n) is 9.64. The third-order valence-corrected chi connectivity index (χ3v) is 3.28. The standard InChI is InChI=1S/C14H13NO2/c1-9-2-5-13-12(6-9)14(17)10(8-16)7-15(13)11-3-4-11/h2,5-8,11H,3-4H2,1H3. The van der Waals surface area contributed by atoms with Gasteiger partial charge in [0.15, 0.2) is 11.7 Å². The zero-order valence-corrected chi connectivity index (χ0v) is 9.64. The Bertz CT molecular complexity index is 666. The van der Waals surface area contributed by atoms with Crippen LogP contribution in [0.4, 0.5) is 0 Å². The highest BCUT2D eigenvalue weighted by Gasteiger charge is 2.25. The number of carbonyl (C=O) groups excluding carboxylic acids is 1. The van der Waals surface area contributed by atoms with E-state index in [-0.39, 0.29) is 11.0 Å². The number of hydrogen-bond acceptors (Lipinski definition) is 2. The van der Waals surface area contributed by atoms with Crippen molar-refractivity contribution in [2.24, 2.45) is 0 Å². The van der Waals surface area contributed by atoms with Gasteiger partial charge in [-0.1, -0.05) is 11.6 Å². The molecule has 1 aliphatic carbocycles. The van der Waals surface area contributed by atoms with Gasteiger partial charge in [0.25, 0.3) is 0 Å². The van der Waals surface area contributed by atoms with Crippen LogP contribution in [0.25, 0.3) is 10.9 Å². The van der Waals surface area contributed by atoms with Gasteiger partial charge in [-0.15, -0.1) is 0 Å². The van der Waals surface area contributed by atoms with E-state index in [2.05, 4.69) is 4.57 Å². The first-order valence-corrected chi connectivity index (χ1v) is 5.81. The Morgan fingerprint density at radius 2 is 2.12 bits per heavy atom. The topological polar surface area (TPSA) is 39.1 Å². The molecule has 1 aromatic carbocycles. The summed E-state index contributed by atoms with van der Waals surface area (Å²) in [6.45, 7) is 1.95. The largest absolute Gasteiger partial charge is 0.343 e. The molecule has 1 aliphatic rings. The van der Waals surface area contributed by atoms with Gasteiger partial charge in [-0.2, -0.15) is 0 Å². The molecule has 0 saturated heterocycles. The highest BCUT2D eigenvalue weighted by Crippen LogP contribution is 2.36. The van der Waals surface area contributed by atoms with E-state index in [1.165, 1.54) is 0 Å². The summed E-state index contributed by atoms with van der Waals surface area (Å²) in [5.74, 6) is 0. The van der Waals surface area contributed by atoms with Crippen molar-refractivity contribution in [3.8, 4) is 0 Å². The molecule has 1 fully saturated rings. The Morgan fingerprint density at radius 3 is 2.76 bits per heavy atom. The second-order valence-corrected chi connectivity index (χ2v) is 4.69. The molecule has 1 aromatic heterocycles. The average molecular weight is 227 g/mol. The number of nitrogens with zero attached hydrogens (tertiary/aromatic N) is 1. The maximum absolute atomic E-state index is 12.1. The van der Waals surface area contributed by atoms with Crippen LogP contribution >= 0.6 is 0 Å². The monoisotopic (exact) mass is 227 g/mol. The van der Waals surface area contributed by atoms with Crippen LogP contribution in [0.5, 0.6) is 0 Å². The van der Waals surface area contributed by atoms with Crippen LogP contribution in [0.15, 0.2) is 29.2 Å². The maximum Gasteiger partial charge on any atom is 0.199 e. The highest BCUT2D eigenvalue weighted by molar-refractivity contribution is 5.86. The first kappa shape index (κ1) is 10.3. The first-order chi connectivity index (χ1) is 8.20. The van der Waals surface area contributed by atoms with Gasteiger partial charge in [0.2, 0.25) is 0 Å². The van der Waals surface area contributed by atoms with Crippen LogP contribution in [0.2, 0.25) is 0 Å². The molecule has 0 spiro atoms. The fourth-order valence-corrected chi connectivity index (χ4v) is 2.23. The Hall–Kier alpha value is -1.90. The van der Waals surface area contributed by atoms with Crippen LogP contribution in [0.3, 0.4) is 0 Å².